The molecular formula is C25H25N3O6S. The highest BCUT2D eigenvalue weighted by Gasteiger charge is 2.23. The van der Waals surface area contributed by atoms with Gasteiger partial charge >= 0.3 is 5.69 Å². The number of thiophene rings is 1. The van der Waals surface area contributed by atoms with Crippen molar-refractivity contribution in [2.45, 2.75) is 20.4 Å². The Bertz CT molecular complexity index is 1550. The summed E-state index contributed by atoms with van der Waals surface area (Å²) < 4.78 is 18.3. The molecule has 0 saturated carbocycles. The number of amides is 1. The number of rotatable bonds is 7. The maximum atomic E-state index is 13.7. The van der Waals surface area contributed by atoms with Crippen LogP contribution in [0.1, 0.15) is 10.4 Å². The standard InChI is InChI=1S/C25H25N3O6S/c1-14-15(2)35-24-22(14)23(30)28(18-11-10-16(32-3)12-20(18)34-5)25(31)27(24)13-21(29)26-17-8-6-7-9-19(17)33-4/h6-12H,13H2,1-5H3,(H,26,29). The molecule has 0 aliphatic heterocycles. The second kappa shape index (κ2) is 9.67. The molecule has 10 heteroatoms. The van der Waals surface area contributed by atoms with Crippen molar-refractivity contribution in [2.75, 3.05) is 26.6 Å². The van der Waals surface area contributed by atoms with E-state index >= 15 is 0 Å². The van der Waals surface area contributed by atoms with E-state index in [1.54, 1.807) is 42.5 Å². The van der Waals surface area contributed by atoms with Gasteiger partial charge in [0.25, 0.3) is 5.56 Å². The first kappa shape index (κ1) is 24.1. The molecule has 0 bridgehead atoms. The van der Waals surface area contributed by atoms with Gasteiger partial charge in [0.15, 0.2) is 0 Å². The van der Waals surface area contributed by atoms with Crippen molar-refractivity contribution >= 4 is 33.1 Å². The van der Waals surface area contributed by atoms with Crippen molar-refractivity contribution in [3.63, 3.8) is 0 Å². The van der Waals surface area contributed by atoms with Gasteiger partial charge in [-0.25, -0.2) is 9.36 Å². The van der Waals surface area contributed by atoms with Gasteiger partial charge in [0.1, 0.15) is 28.6 Å². The lowest BCUT2D eigenvalue weighted by atomic mass is 10.2. The molecule has 0 unspecified atom stereocenters. The van der Waals surface area contributed by atoms with Gasteiger partial charge in [0.2, 0.25) is 5.91 Å². The Morgan fingerprint density at radius 3 is 2.37 bits per heavy atom. The first-order valence-corrected chi connectivity index (χ1v) is 11.5. The Morgan fingerprint density at radius 2 is 1.69 bits per heavy atom. The minimum absolute atomic E-state index is 0.257. The largest absolute Gasteiger partial charge is 0.497 e. The topological polar surface area (TPSA) is 101 Å². The Labute approximate surface area is 205 Å². The van der Waals surface area contributed by atoms with Crippen LogP contribution < -0.4 is 30.8 Å². The number of nitrogens with zero attached hydrogens (tertiary/aromatic N) is 2. The van der Waals surface area contributed by atoms with Crippen LogP contribution in [0.25, 0.3) is 15.9 Å². The van der Waals surface area contributed by atoms with Crippen LogP contribution in [0.5, 0.6) is 17.2 Å². The molecule has 0 atom stereocenters. The number of aryl methyl sites for hydroxylation is 2. The van der Waals surface area contributed by atoms with Gasteiger partial charge in [0.05, 0.1) is 38.1 Å². The molecule has 0 aliphatic rings. The summed E-state index contributed by atoms with van der Waals surface area (Å²) in [5.41, 5.74) is 0.370. The average molecular weight is 496 g/mol. The molecule has 2 heterocycles. The monoisotopic (exact) mass is 495 g/mol. The highest BCUT2D eigenvalue weighted by Crippen LogP contribution is 2.30. The van der Waals surface area contributed by atoms with Crippen molar-refractivity contribution in [1.82, 2.24) is 9.13 Å². The van der Waals surface area contributed by atoms with Crippen molar-refractivity contribution in [2.24, 2.45) is 0 Å². The molecule has 0 radical (unpaired) electrons. The highest BCUT2D eigenvalue weighted by molar-refractivity contribution is 7.18. The van der Waals surface area contributed by atoms with Crippen LogP contribution in [-0.4, -0.2) is 36.4 Å². The van der Waals surface area contributed by atoms with E-state index in [4.69, 9.17) is 14.2 Å². The maximum absolute atomic E-state index is 13.7. The molecule has 182 valence electrons. The Morgan fingerprint density at radius 1 is 0.971 bits per heavy atom. The fraction of sp³-hybridized carbons (Fsp3) is 0.240. The predicted octanol–water partition coefficient (Wildman–Crippen LogP) is 3.50. The van der Waals surface area contributed by atoms with Crippen LogP contribution in [-0.2, 0) is 11.3 Å². The quantitative estimate of drug-likeness (QED) is 0.421. The molecule has 4 rings (SSSR count). The second-order valence-corrected chi connectivity index (χ2v) is 8.96. The number of hydrogen-bond acceptors (Lipinski definition) is 7. The molecule has 2 aromatic heterocycles. The minimum Gasteiger partial charge on any atom is -0.497 e. The number of para-hydroxylation sites is 2. The zero-order valence-electron chi connectivity index (χ0n) is 20.0. The van der Waals surface area contributed by atoms with E-state index in [0.717, 1.165) is 15.0 Å². The molecule has 4 aromatic rings. The normalized spacial score (nSPS) is 10.9. The molecule has 1 amide bonds. The summed E-state index contributed by atoms with van der Waals surface area (Å²) >= 11 is 1.30. The van der Waals surface area contributed by atoms with Gasteiger partial charge in [0, 0.05) is 10.9 Å². The van der Waals surface area contributed by atoms with Crippen molar-refractivity contribution in [3.05, 3.63) is 73.7 Å². The van der Waals surface area contributed by atoms with Gasteiger partial charge in [-0.3, -0.25) is 14.2 Å². The number of fused-ring (bicyclic) bond motifs is 1. The van der Waals surface area contributed by atoms with Gasteiger partial charge in [-0.05, 0) is 43.7 Å². The molecular weight excluding hydrogens is 470 g/mol. The predicted molar refractivity (Wildman–Crippen MR) is 136 cm³/mol. The molecule has 9 nitrogen and oxygen atoms in total. The van der Waals surface area contributed by atoms with Gasteiger partial charge in [-0.2, -0.15) is 0 Å². The molecule has 0 spiro atoms. The third-order valence-corrected chi connectivity index (χ3v) is 6.99. The van der Waals surface area contributed by atoms with E-state index < -0.39 is 17.2 Å². The SMILES string of the molecule is COc1ccc(-n2c(=O)c3c(C)c(C)sc3n(CC(=O)Nc3ccccc3OC)c2=O)c(OC)c1. The lowest BCUT2D eigenvalue weighted by Gasteiger charge is -2.15. The number of benzene rings is 2. The molecule has 0 aliphatic carbocycles. The lowest BCUT2D eigenvalue weighted by Crippen LogP contribution is -2.40. The summed E-state index contributed by atoms with van der Waals surface area (Å²) in [6, 6.07) is 11.8. The molecule has 0 saturated heterocycles. The first-order valence-electron chi connectivity index (χ1n) is 10.7. The average Bonchev–Trinajstić information content (AvgIpc) is 3.16. The van der Waals surface area contributed by atoms with E-state index in [1.807, 2.05) is 13.8 Å². The Hall–Kier alpha value is -4.05. The van der Waals surface area contributed by atoms with Gasteiger partial charge in [-0.1, -0.05) is 12.1 Å². The Balaban J connectivity index is 1.90. The number of ether oxygens (including phenoxy) is 3. The third kappa shape index (κ3) is 4.28. The second-order valence-electron chi connectivity index (χ2n) is 7.76. The van der Waals surface area contributed by atoms with Crippen LogP contribution in [0.15, 0.2) is 52.1 Å². The zero-order chi connectivity index (χ0) is 25.3. The van der Waals surface area contributed by atoms with Gasteiger partial charge in [-0.15, -0.1) is 11.3 Å². The van der Waals surface area contributed by atoms with Crippen molar-refractivity contribution in [1.29, 1.82) is 0 Å². The smallest absolute Gasteiger partial charge is 0.337 e. The van der Waals surface area contributed by atoms with E-state index in [2.05, 4.69) is 5.32 Å². The number of hydrogen-bond donors (Lipinski definition) is 1. The fourth-order valence-electron chi connectivity index (χ4n) is 3.86. The van der Waals surface area contributed by atoms with E-state index in [-0.39, 0.29) is 18.0 Å². The summed E-state index contributed by atoms with van der Waals surface area (Å²) in [7, 11) is 4.47. The summed E-state index contributed by atoms with van der Waals surface area (Å²) in [4.78, 5) is 41.6. The third-order valence-electron chi connectivity index (χ3n) is 5.76. The number of carbonyl (C=O) groups excluding carboxylic acids is 1. The number of anilines is 1. The summed E-state index contributed by atoms with van der Waals surface area (Å²) in [6.45, 7) is 3.40. The van der Waals surface area contributed by atoms with Crippen LogP contribution >= 0.6 is 11.3 Å². The number of nitrogens with one attached hydrogen (secondary N) is 1. The first-order chi connectivity index (χ1) is 16.8. The minimum atomic E-state index is -0.651. The fourth-order valence-corrected chi connectivity index (χ4v) is 5.00. The molecule has 0 fully saturated rings. The van der Waals surface area contributed by atoms with Crippen LogP contribution in [0.2, 0.25) is 0 Å². The van der Waals surface area contributed by atoms with Gasteiger partial charge < -0.3 is 19.5 Å². The van der Waals surface area contributed by atoms with E-state index in [9.17, 15) is 14.4 Å². The maximum Gasteiger partial charge on any atom is 0.337 e. The zero-order valence-corrected chi connectivity index (χ0v) is 20.8. The summed E-state index contributed by atoms with van der Waals surface area (Å²) in [5, 5.41) is 3.17. The van der Waals surface area contributed by atoms with Crippen LogP contribution in [0.4, 0.5) is 5.69 Å². The number of methoxy groups -OCH3 is 3. The van der Waals surface area contributed by atoms with E-state index in [0.29, 0.717) is 27.4 Å². The molecule has 2 aromatic carbocycles. The summed E-state index contributed by atoms with van der Waals surface area (Å²) in [6.07, 6.45) is 0. The highest BCUT2D eigenvalue weighted by atomic mass is 32.1. The molecule has 35 heavy (non-hydrogen) atoms. The van der Waals surface area contributed by atoms with Crippen LogP contribution in [0, 0.1) is 13.8 Å². The summed E-state index contributed by atoms with van der Waals surface area (Å²) in [5.74, 6) is 0.860. The number of carbonyl (C=O) groups is 1. The lowest BCUT2D eigenvalue weighted by molar-refractivity contribution is -0.116. The number of aromatic nitrogens is 2. The molecule has 1 N–H and O–H groups in total. The van der Waals surface area contributed by atoms with E-state index in [1.165, 1.54) is 37.2 Å². The van der Waals surface area contributed by atoms with Crippen molar-refractivity contribution in [3.8, 4) is 22.9 Å². The Kier molecular flexibility index (Phi) is 6.65. The van der Waals surface area contributed by atoms with Crippen LogP contribution in [0.3, 0.4) is 0 Å². The van der Waals surface area contributed by atoms with Crippen molar-refractivity contribution < 1.29 is 19.0 Å².